The minimum Gasteiger partial charge on any atom is -0.354 e. The summed E-state index contributed by atoms with van der Waals surface area (Å²) in [6.45, 7) is 5.40. The Kier molecular flexibility index (Phi) is 6.69. The van der Waals surface area contributed by atoms with Crippen LogP contribution in [0.25, 0.3) is 0 Å². The van der Waals surface area contributed by atoms with Crippen molar-refractivity contribution in [2.24, 2.45) is 16.8 Å². The highest BCUT2D eigenvalue weighted by Gasteiger charge is 2.23. The lowest BCUT2D eigenvalue weighted by Gasteiger charge is -2.32. The molecular weight excluding hydrogens is 306 g/mol. The molecule has 1 aromatic heterocycles. The lowest BCUT2D eigenvalue weighted by atomic mass is 9.80. The summed E-state index contributed by atoms with van der Waals surface area (Å²) in [5.74, 6) is 2.59. The fourth-order valence-corrected chi connectivity index (χ4v) is 3.83. The van der Waals surface area contributed by atoms with E-state index in [0.29, 0.717) is 12.6 Å². The molecule has 0 aromatic carbocycles. The maximum absolute atomic E-state index is 4.59. The third-order valence-electron chi connectivity index (χ3n) is 4.64. The topological polar surface area (TPSA) is 52.6 Å². The molecule has 5 nitrogen and oxygen atoms in total. The van der Waals surface area contributed by atoms with E-state index in [-0.39, 0.29) is 0 Å². The Balaban J connectivity index is 1.77. The molecule has 1 aliphatic rings. The van der Waals surface area contributed by atoms with Crippen molar-refractivity contribution in [3.05, 3.63) is 11.1 Å². The van der Waals surface area contributed by atoms with Crippen molar-refractivity contribution in [2.45, 2.75) is 52.1 Å². The molecule has 1 aliphatic carbocycles. The zero-order valence-corrected chi connectivity index (χ0v) is 15.9. The monoisotopic (exact) mass is 337 g/mol. The lowest BCUT2D eigenvalue weighted by Crippen LogP contribution is -2.44. The van der Waals surface area contributed by atoms with Crippen LogP contribution >= 0.6 is 11.3 Å². The number of hydrogen-bond donors (Lipinski definition) is 2. The number of guanidine groups is 1. The van der Waals surface area contributed by atoms with Gasteiger partial charge in [-0.3, -0.25) is 4.99 Å². The predicted molar refractivity (Wildman–Crippen MR) is 100 cm³/mol. The largest absolute Gasteiger partial charge is 0.354 e. The molecule has 1 saturated carbocycles. The van der Waals surface area contributed by atoms with Gasteiger partial charge in [0, 0.05) is 32.6 Å². The van der Waals surface area contributed by atoms with Crippen molar-refractivity contribution >= 4 is 22.4 Å². The summed E-state index contributed by atoms with van der Waals surface area (Å²) in [4.78, 5) is 11.0. The van der Waals surface area contributed by atoms with Gasteiger partial charge in [-0.2, -0.15) is 0 Å². The van der Waals surface area contributed by atoms with Gasteiger partial charge in [0.05, 0.1) is 12.2 Å². The minimum absolute atomic E-state index is 0.545. The number of anilines is 1. The normalized spacial score (nSPS) is 22.3. The molecule has 0 saturated heterocycles. The first-order valence-electron chi connectivity index (χ1n) is 8.58. The summed E-state index contributed by atoms with van der Waals surface area (Å²) in [6, 6.07) is 0.545. The fraction of sp³-hybridized carbons (Fsp3) is 0.765. The summed E-state index contributed by atoms with van der Waals surface area (Å²) in [5.41, 5.74) is 1.06. The molecule has 6 heteroatoms. The smallest absolute Gasteiger partial charge is 0.191 e. The fourth-order valence-electron chi connectivity index (χ4n) is 3.08. The van der Waals surface area contributed by atoms with Crippen molar-refractivity contribution in [2.75, 3.05) is 26.0 Å². The molecule has 0 bridgehead atoms. The Morgan fingerprint density at radius 1 is 1.35 bits per heavy atom. The number of aliphatic imine (C=N–C) groups is 1. The SMILES string of the molecule is CN=C(NCc1csc(N(C)C)n1)NC1CCC(C(C)C)CC1. The molecule has 1 heterocycles. The maximum Gasteiger partial charge on any atom is 0.191 e. The molecule has 0 spiro atoms. The first kappa shape index (κ1) is 18.0. The third kappa shape index (κ3) is 5.37. The van der Waals surface area contributed by atoms with Crippen LogP contribution in [-0.4, -0.2) is 38.1 Å². The van der Waals surface area contributed by atoms with Crippen LogP contribution in [-0.2, 0) is 6.54 Å². The molecule has 0 unspecified atom stereocenters. The Hall–Kier alpha value is -1.30. The highest BCUT2D eigenvalue weighted by atomic mass is 32.1. The molecule has 2 rings (SSSR count). The van der Waals surface area contributed by atoms with Gasteiger partial charge < -0.3 is 15.5 Å². The van der Waals surface area contributed by atoms with Crippen molar-refractivity contribution in [3.8, 4) is 0 Å². The van der Waals surface area contributed by atoms with Gasteiger partial charge in [0.25, 0.3) is 0 Å². The van der Waals surface area contributed by atoms with Gasteiger partial charge in [0.15, 0.2) is 11.1 Å². The zero-order valence-electron chi connectivity index (χ0n) is 15.1. The summed E-state index contributed by atoms with van der Waals surface area (Å²) < 4.78 is 0. The molecule has 0 atom stereocenters. The van der Waals surface area contributed by atoms with Gasteiger partial charge in [0.1, 0.15) is 0 Å². The lowest BCUT2D eigenvalue weighted by molar-refractivity contribution is 0.250. The van der Waals surface area contributed by atoms with Crippen LogP contribution in [0.4, 0.5) is 5.13 Å². The molecule has 1 aromatic rings. The van der Waals surface area contributed by atoms with Gasteiger partial charge in [-0.25, -0.2) is 4.98 Å². The van der Waals surface area contributed by atoms with Gasteiger partial charge >= 0.3 is 0 Å². The van der Waals surface area contributed by atoms with E-state index in [1.165, 1.54) is 25.7 Å². The van der Waals surface area contributed by atoms with Crippen LogP contribution in [0, 0.1) is 11.8 Å². The van der Waals surface area contributed by atoms with Crippen LogP contribution < -0.4 is 15.5 Å². The molecule has 1 fully saturated rings. The highest BCUT2D eigenvalue weighted by molar-refractivity contribution is 7.13. The quantitative estimate of drug-likeness (QED) is 0.640. The zero-order chi connectivity index (χ0) is 16.8. The van der Waals surface area contributed by atoms with E-state index < -0.39 is 0 Å². The minimum atomic E-state index is 0.545. The van der Waals surface area contributed by atoms with E-state index >= 15 is 0 Å². The van der Waals surface area contributed by atoms with Crippen LogP contribution in [0.15, 0.2) is 10.4 Å². The Morgan fingerprint density at radius 2 is 2.04 bits per heavy atom. The highest BCUT2D eigenvalue weighted by Crippen LogP contribution is 2.29. The van der Waals surface area contributed by atoms with Crippen LogP contribution in [0.3, 0.4) is 0 Å². The van der Waals surface area contributed by atoms with Gasteiger partial charge in [-0.15, -0.1) is 11.3 Å². The molecular formula is C17H31N5S. The molecule has 2 N–H and O–H groups in total. The van der Waals surface area contributed by atoms with Crippen molar-refractivity contribution in [1.82, 2.24) is 15.6 Å². The molecule has 130 valence electrons. The first-order chi connectivity index (χ1) is 11.0. The summed E-state index contributed by atoms with van der Waals surface area (Å²) in [5, 5.41) is 10.1. The van der Waals surface area contributed by atoms with Crippen molar-refractivity contribution in [3.63, 3.8) is 0 Å². The number of aromatic nitrogens is 1. The molecule has 0 amide bonds. The van der Waals surface area contributed by atoms with Crippen molar-refractivity contribution < 1.29 is 0 Å². The van der Waals surface area contributed by atoms with Gasteiger partial charge in [-0.05, 0) is 37.5 Å². The van der Waals surface area contributed by atoms with Crippen LogP contribution in [0.5, 0.6) is 0 Å². The Bertz CT molecular complexity index is 501. The van der Waals surface area contributed by atoms with Crippen LogP contribution in [0.1, 0.15) is 45.2 Å². The summed E-state index contributed by atoms with van der Waals surface area (Å²) in [7, 11) is 5.87. The second kappa shape index (κ2) is 8.52. The third-order valence-corrected chi connectivity index (χ3v) is 5.70. The van der Waals surface area contributed by atoms with Crippen LogP contribution in [0.2, 0.25) is 0 Å². The second-order valence-electron chi connectivity index (χ2n) is 6.94. The summed E-state index contributed by atoms with van der Waals surface area (Å²) in [6.07, 6.45) is 5.13. The Labute approximate surface area is 144 Å². The first-order valence-corrected chi connectivity index (χ1v) is 9.46. The molecule has 23 heavy (non-hydrogen) atoms. The average molecular weight is 338 g/mol. The van der Waals surface area contributed by atoms with E-state index in [0.717, 1.165) is 28.6 Å². The maximum atomic E-state index is 4.59. The van der Waals surface area contributed by atoms with E-state index in [1.807, 2.05) is 26.0 Å². The predicted octanol–water partition coefficient (Wildman–Crippen LogP) is 3.09. The van der Waals surface area contributed by atoms with Crippen molar-refractivity contribution in [1.29, 1.82) is 0 Å². The standard InChI is InChI=1S/C17H31N5S/c1-12(2)13-6-8-14(9-7-13)20-16(18-3)19-10-15-11-23-17(21-15)22(4)5/h11-14H,6-10H2,1-5H3,(H2,18,19,20). The number of rotatable bonds is 5. The van der Waals surface area contributed by atoms with E-state index in [1.54, 1.807) is 11.3 Å². The molecule has 0 aliphatic heterocycles. The number of hydrogen-bond acceptors (Lipinski definition) is 4. The number of nitrogens with zero attached hydrogens (tertiary/aromatic N) is 3. The van der Waals surface area contributed by atoms with E-state index in [4.69, 9.17) is 0 Å². The summed E-state index contributed by atoms with van der Waals surface area (Å²) >= 11 is 1.67. The molecule has 0 radical (unpaired) electrons. The van der Waals surface area contributed by atoms with Gasteiger partial charge in [0.2, 0.25) is 0 Å². The average Bonchev–Trinajstić information content (AvgIpc) is 3.01. The number of nitrogens with one attached hydrogen (secondary N) is 2. The second-order valence-corrected chi connectivity index (χ2v) is 7.78. The number of thiazole rings is 1. The Morgan fingerprint density at radius 3 is 2.57 bits per heavy atom. The van der Waals surface area contributed by atoms with E-state index in [9.17, 15) is 0 Å². The van der Waals surface area contributed by atoms with Gasteiger partial charge in [-0.1, -0.05) is 13.8 Å². The van der Waals surface area contributed by atoms with E-state index in [2.05, 4.69) is 39.8 Å².